The summed E-state index contributed by atoms with van der Waals surface area (Å²) in [6, 6.07) is 18.4. The lowest BCUT2D eigenvalue weighted by Gasteiger charge is -2.48. The third-order valence-electron chi connectivity index (χ3n) is 17.6. The largest absolute Gasteiger partial charge is 0.491 e. The summed E-state index contributed by atoms with van der Waals surface area (Å²) < 4.78 is 76.3. The maximum Gasteiger partial charge on any atom is 0.350 e. The van der Waals surface area contributed by atoms with E-state index in [1.807, 2.05) is 44.2 Å². The Morgan fingerprint density at radius 2 is 1.33 bits per heavy atom. The Morgan fingerprint density at radius 3 is 1.95 bits per heavy atom. The second kappa shape index (κ2) is 32.8. The van der Waals surface area contributed by atoms with Crippen molar-refractivity contribution < 1.29 is 76.4 Å². The molecule has 4 aliphatic heterocycles. The number of halogens is 2. The van der Waals surface area contributed by atoms with Crippen LogP contribution in [0.4, 0.5) is 11.4 Å². The quantitative estimate of drug-likeness (QED) is 0.0273. The molecular formula is C61H90Cl2N12O17S. The predicted molar refractivity (Wildman–Crippen MR) is 342 cm³/mol. The average molecular weight is 1370 g/mol. The summed E-state index contributed by atoms with van der Waals surface area (Å²) in [6.45, 7) is 9.77. The number of benzene rings is 3. The Kier molecular flexibility index (Phi) is 25.5. The van der Waals surface area contributed by atoms with Gasteiger partial charge >= 0.3 is 5.69 Å². The van der Waals surface area contributed by atoms with Gasteiger partial charge in [0.2, 0.25) is 5.79 Å². The monoisotopic (exact) mass is 1360 g/mol. The Hall–Kier alpha value is -5.01. The highest BCUT2D eigenvalue weighted by molar-refractivity contribution is 7.86. The number of aromatic nitrogens is 6. The molecule has 0 bridgehead atoms. The molecule has 3 aromatic carbocycles. The van der Waals surface area contributed by atoms with Crippen LogP contribution in [0, 0.1) is 0 Å². The van der Waals surface area contributed by atoms with Gasteiger partial charge in [0.1, 0.15) is 105 Å². The number of nitrogens with two attached hydrogens (primary N) is 4. The second-order valence-corrected chi connectivity index (χ2v) is 26.8. The van der Waals surface area contributed by atoms with E-state index in [1.165, 1.54) is 11.0 Å². The Bertz CT molecular complexity index is 3280. The van der Waals surface area contributed by atoms with Crippen molar-refractivity contribution in [3.05, 3.63) is 112 Å². The Balaban J connectivity index is 0.000000221. The molecule has 0 amide bonds. The standard InChI is InChI=1S/C35H38Cl2N8O4.C26H52N4O13S/c1-3-25(2)45-34(46)44(24-40-45)29-7-5-27(6-8-29)41-14-16-42(17-15-41)28-9-11-30(12-10-28)47-19-31-20-48-35(49-31,21-43-23-38-22-39-43)32-13-4-26(36)18-33(32)37;1-2-3-4-5-6-7-8-44(37,38)39-11-15-17(31)16(30)19(33)25(41-15)42-23-12(28)9-13(29)24(22(23)36)43-26-21(35)20(34)18(32)14(10-27)40-26/h4-13,18,22-25,31H,3,14-17,19-21H2,1-2H3;12-26,31-36H,2-11,27-30H2,1H3/t25?,31-,35-;12-,13+,14-,15-,16+,17-,18-,19-,20+,21-,22-,23+,24-,25-,26-/m01/s1. The first-order chi connectivity index (χ1) is 44.5. The minimum atomic E-state index is -3.94. The lowest BCUT2D eigenvalue weighted by Crippen LogP contribution is -2.68. The summed E-state index contributed by atoms with van der Waals surface area (Å²) in [4.78, 5) is 21.6. The molecule has 10 rings (SSSR count). The summed E-state index contributed by atoms with van der Waals surface area (Å²) in [7, 11) is -3.94. The fraction of sp³-hybridized carbons (Fsp3) is 0.639. The molecule has 93 heavy (non-hydrogen) atoms. The molecule has 0 radical (unpaired) electrons. The van der Waals surface area contributed by atoms with Gasteiger partial charge in [0.25, 0.3) is 10.1 Å². The third-order valence-corrected chi connectivity index (χ3v) is 19.4. The van der Waals surface area contributed by atoms with E-state index in [1.54, 1.807) is 34.0 Å². The molecule has 18 atom stereocenters. The smallest absolute Gasteiger partial charge is 0.350 e. The number of aliphatic hydroxyl groups is 6. The van der Waals surface area contributed by atoms with E-state index < -0.39 is 114 Å². The van der Waals surface area contributed by atoms with Crippen molar-refractivity contribution in [1.29, 1.82) is 0 Å². The summed E-state index contributed by atoms with van der Waals surface area (Å²) in [5, 5.41) is 72.6. The SMILES string of the molecule is CCC(C)n1ncn(-c2ccc(N3CCN(c4ccc(OC[C@H]5CO[C@](Cn6cncn6)(c6ccc(Cl)cc6Cl)O5)cc4)CC3)cc2)c1=O.CCCCCCCCS(=O)(=O)OC[C@H]1O[C@H](O[C@@H]2[C@@H](O)[C@H](O[C@H]3O[C@H](CN)[C@@H](O)[C@H](O)[C@H]3O)[C@@H](N)C[C@H]2N)[C@H](O)[C@@H](N)[C@@H]1O. The summed E-state index contributed by atoms with van der Waals surface area (Å²) in [6.07, 6.45) is -7.11. The van der Waals surface area contributed by atoms with Crippen LogP contribution in [0.25, 0.3) is 5.69 Å². The molecule has 29 nitrogen and oxygen atoms in total. The van der Waals surface area contributed by atoms with Gasteiger partial charge in [-0.05, 0) is 86.8 Å². The van der Waals surface area contributed by atoms with Crippen molar-refractivity contribution in [2.75, 3.05) is 68.1 Å². The van der Waals surface area contributed by atoms with Crippen LogP contribution in [0.3, 0.4) is 0 Å². The highest BCUT2D eigenvalue weighted by Crippen LogP contribution is 2.41. The van der Waals surface area contributed by atoms with Crippen LogP contribution in [0.1, 0.15) is 83.7 Å². The lowest BCUT2D eigenvalue weighted by atomic mass is 9.84. The molecular weight excluding hydrogens is 1280 g/mol. The minimum absolute atomic E-state index is 0.0292. The number of hydrogen-bond donors (Lipinski definition) is 10. The van der Waals surface area contributed by atoms with Crippen molar-refractivity contribution in [2.45, 2.75) is 188 Å². The molecule has 2 aromatic heterocycles. The van der Waals surface area contributed by atoms with Gasteiger partial charge in [-0.2, -0.15) is 18.6 Å². The van der Waals surface area contributed by atoms with Crippen molar-refractivity contribution in [3.8, 4) is 11.4 Å². The van der Waals surface area contributed by atoms with Crippen molar-refractivity contribution in [2.24, 2.45) is 22.9 Å². The van der Waals surface area contributed by atoms with Crippen LogP contribution >= 0.6 is 23.2 Å². The molecule has 32 heteroatoms. The third kappa shape index (κ3) is 17.8. The van der Waals surface area contributed by atoms with Gasteiger partial charge in [-0.3, -0.25) is 4.18 Å². The van der Waals surface area contributed by atoms with Gasteiger partial charge in [0.15, 0.2) is 12.6 Å². The van der Waals surface area contributed by atoms with E-state index in [9.17, 15) is 43.9 Å². The van der Waals surface area contributed by atoms with Crippen LogP contribution in [-0.2, 0) is 55.1 Å². The summed E-state index contributed by atoms with van der Waals surface area (Å²) in [5.41, 5.74) is 27.6. The van der Waals surface area contributed by atoms with E-state index in [4.69, 9.17) is 83.5 Å². The fourth-order valence-electron chi connectivity index (χ4n) is 11.9. The molecule has 516 valence electrons. The second-order valence-electron chi connectivity index (χ2n) is 24.2. The molecule has 5 aromatic rings. The Labute approximate surface area is 550 Å². The zero-order chi connectivity index (χ0) is 66.7. The highest BCUT2D eigenvalue weighted by Gasteiger charge is 2.52. The molecule has 5 fully saturated rings. The molecule has 14 N–H and O–H groups in total. The van der Waals surface area contributed by atoms with Crippen LogP contribution in [0.15, 0.2) is 90.5 Å². The molecule has 0 spiro atoms. The molecule has 1 saturated carbocycles. The zero-order valence-electron chi connectivity index (χ0n) is 52.4. The van der Waals surface area contributed by atoms with E-state index in [-0.39, 0.29) is 43.1 Å². The number of aliphatic hydroxyl groups excluding tert-OH is 6. The summed E-state index contributed by atoms with van der Waals surface area (Å²) >= 11 is 12.7. The van der Waals surface area contributed by atoms with Crippen LogP contribution in [0.2, 0.25) is 10.0 Å². The Morgan fingerprint density at radius 1 is 0.720 bits per heavy atom. The van der Waals surface area contributed by atoms with E-state index in [2.05, 4.69) is 56.2 Å². The normalized spacial score (nSPS) is 31.3. The maximum absolute atomic E-state index is 12.8. The predicted octanol–water partition coefficient (Wildman–Crippen LogP) is 1.00. The molecule has 4 saturated heterocycles. The number of ether oxygens (including phenoxy) is 7. The van der Waals surface area contributed by atoms with Gasteiger partial charge in [-0.25, -0.2) is 23.7 Å². The van der Waals surface area contributed by atoms with Gasteiger partial charge < -0.3 is 96.5 Å². The number of piperazine rings is 1. The van der Waals surface area contributed by atoms with E-state index in [0.717, 1.165) is 87.5 Å². The first kappa shape index (κ1) is 72.3. The number of anilines is 2. The fourth-order valence-corrected chi connectivity index (χ4v) is 13.5. The lowest BCUT2D eigenvalue weighted by molar-refractivity contribution is -0.331. The number of rotatable bonds is 26. The minimum Gasteiger partial charge on any atom is -0.491 e. The van der Waals surface area contributed by atoms with E-state index >= 15 is 0 Å². The van der Waals surface area contributed by atoms with Crippen molar-refractivity contribution >= 4 is 44.7 Å². The van der Waals surface area contributed by atoms with Gasteiger partial charge in [0, 0.05) is 66.8 Å². The maximum atomic E-state index is 12.8. The highest BCUT2D eigenvalue weighted by atomic mass is 35.5. The van der Waals surface area contributed by atoms with Crippen LogP contribution in [0.5, 0.6) is 5.75 Å². The van der Waals surface area contributed by atoms with Gasteiger partial charge in [-0.1, -0.05) is 75.2 Å². The zero-order valence-corrected chi connectivity index (χ0v) is 54.7. The van der Waals surface area contributed by atoms with Crippen molar-refractivity contribution in [3.63, 3.8) is 0 Å². The van der Waals surface area contributed by atoms with Gasteiger partial charge in [-0.15, -0.1) is 0 Å². The first-order valence-electron chi connectivity index (χ1n) is 31.7. The molecule has 1 aliphatic carbocycles. The topological polar surface area (TPSA) is 410 Å². The number of nitrogens with zero attached hydrogens (tertiary/aromatic N) is 8. The van der Waals surface area contributed by atoms with Gasteiger partial charge in [0.05, 0.1) is 41.8 Å². The first-order valence-corrected chi connectivity index (χ1v) is 34.0. The van der Waals surface area contributed by atoms with E-state index in [0.29, 0.717) is 35.2 Å². The van der Waals surface area contributed by atoms with Crippen molar-refractivity contribution in [1.82, 2.24) is 29.1 Å². The molecule has 6 heterocycles. The number of unbranched alkanes of at least 4 members (excludes halogenated alkanes) is 5. The molecule has 1 unspecified atom stereocenters. The summed E-state index contributed by atoms with van der Waals surface area (Å²) in [5.74, 6) is -0.616. The average Bonchev–Trinajstić information content (AvgIpc) is 1.79. The number of hydrogen-bond acceptors (Lipinski definition) is 26. The van der Waals surface area contributed by atoms with Crippen LogP contribution in [-0.4, -0.2) is 224 Å². The van der Waals surface area contributed by atoms with Crippen LogP contribution < -0.4 is 43.2 Å². The molecule has 5 aliphatic rings.